The molecule has 3 aromatic rings. The molecule has 0 aromatic heterocycles. The number of aryl methyl sites for hydroxylation is 2. The number of hydrogen-bond donors (Lipinski definition) is 0. The molecule has 3 nitrogen and oxygen atoms in total. The lowest BCUT2D eigenvalue weighted by Gasteiger charge is -2.51. The van der Waals surface area contributed by atoms with E-state index in [9.17, 15) is 9.59 Å². The fourth-order valence-corrected chi connectivity index (χ4v) is 6.30. The van der Waals surface area contributed by atoms with E-state index in [-0.39, 0.29) is 29.6 Å². The van der Waals surface area contributed by atoms with Crippen LogP contribution in [0.3, 0.4) is 0 Å². The summed E-state index contributed by atoms with van der Waals surface area (Å²) in [4.78, 5) is 29.5. The molecule has 1 saturated heterocycles. The lowest BCUT2D eigenvalue weighted by Crippen LogP contribution is -2.49. The van der Waals surface area contributed by atoms with Gasteiger partial charge in [-0.15, -0.1) is 0 Å². The fraction of sp³-hybridized carbons (Fsp3) is 0.259. The number of rotatable bonds is 1. The maximum atomic E-state index is 14.1. The van der Waals surface area contributed by atoms with Gasteiger partial charge in [0.05, 0.1) is 17.0 Å². The smallest absolute Gasteiger partial charge is 0.241 e. The van der Waals surface area contributed by atoms with E-state index in [0.717, 1.165) is 16.8 Å². The topological polar surface area (TPSA) is 37.4 Å². The number of benzene rings is 3. The van der Waals surface area contributed by atoms with E-state index in [1.54, 1.807) is 0 Å². The summed E-state index contributed by atoms with van der Waals surface area (Å²) in [6.45, 7) is 5.99. The number of nitrogens with zero attached hydrogens (tertiary/aromatic N) is 1. The molecule has 4 aliphatic rings. The Labute approximate surface area is 176 Å². The summed E-state index contributed by atoms with van der Waals surface area (Å²) in [5, 5.41) is 0. The van der Waals surface area contributed by atoms with Crippen molar-refractivity contribution in [2.75, 3.05) is 4.90 Å². The third-order valence-electron chi connectivity index (χ3n) is 7.62. The van der Waals surface area contributed by atoms with Gasteiger partial charge in [0.2, 0.25) is 11.8 Å². The number of carbonyl (C=O) groups excluding carboxylic acids is 2. The van der Waals surface area contributed by atoms with Crippen molar-refractivity contribution < 1.29 is 9.59 Å². The van der Waals surface area contributed by atoms with Crippen LogP contribution in [0.4, 0.5) is 5.69 Å². The maximum absolute atomic E-state index is 14.1. The summed E-state index contributed by atoms with van der Waals surface area (Å²) in [6, 6.07) is 22.7. The van der Waals surface area contributed by atoms with E-state index < -0.39 is 5.41 Å². The molecule has 0 spiro atoms. The zero-order valence-electron chi connectivity index (χ0n) is 17.3. The van der Waals surface area contributed by atoms with Crippen LogP contribution in [0.15, 0.2) is 66.7 Å². The van der Waals surface area contributed by atoms with Gasteiger partial charge in [0.15, 0.2) is 0 Å². The molecule has 1 heterocycles. The van der Waals surface area contributed by atoms with Crippen LogP contribution < -0.4 is 4.90 Å². The van der Waals surface area contributed by atoms with Crippen LogP contribution in [0.2, 0.25) is 0 Å². The maximum Gasteiger partial charge on any atom is 0.241 e. The number of carbonyl (C=O) groups is 2. The molecule has 3 aromatic carbocycles. The second-order valence-electron chi connectivity index (χ2n) is 9.20. The molecular weight excluding hydrogens is 370 g/mol. The van der Waals surface area contributed by atoms with E-state index in [2.05, 4.69) is 24.3 Å². The minimum Gasteiger partial charge on any atom is -0.274 e. The van der Waals surface area contributed by atoms with Crippen molar-refractivity contribution in [1.82, 2.24) is 0 Å². The summed E-state index contributed by atoms with van der Waals surface area (Å²) in [5.41, 5.74) is 6.75. The van der Waals surface area contributed by atoms with Crippen LogP contribution in [-0.4, -0.2) is 11.8 Å². The predicted molar refractivity (Wildman–Crippen MR) is 117 cm³/mol. The third kappa shape index (κ3) is 1.91. The monoisotopic (exact) mass is 393 g/mol. The quantitative estimate of drug-likeness (QED) is 0.540. The molecule has 0 saturated carbocycles. The normalized spacial score (nSPS) is 28.4. The van der Waals surface area contributed by atoms with Crippen LogP contribution in [-0.2, 0) is 9.59 Å². The Morgan fingerprint density at radius 3 is 1.97 bits per heavy atom. The lowest BCUT2D eigenvalue weighted by atomic mass is 9.48. The molecule has 3 aliphatic carbocycles. The van der Waals surface area contributed by atoms with Gasteiger partial charge >= 0.3 is 0 Å². The fourth-order valence-electron chi connectivity index (χ4n) is 6.30. The molecule has 148 valence electrons. The zero-order chi connectivity index (χ0) is 20.8. The number of amides is 2. The zero-order valence-corrected chi connectivity index (χ0v) is 17.3. The van der Waals surface area contributed by atoms with E-state index >= 15 is 0 Å². The molecule has 0 radical (unpaired) electrons. The standard InChI is InChI=1S/C27H23NO2/c1-15-12-13-16(2)21(14-15)28-25(29)24-22-17-8-4-6-10-19(17)23(27(24,3)26(28)30)20-11-7-5-9-18(20)22/h4-14,22-24H,1-3H3/t22?,23?,24-,27+/m0/s1. The molecule has 1 fully saturated rings. The minimum absolute atomic E-state index is 0.0600. The Hall–Kier alpha value is -3.20. The Morgan fingerprint density at radius 2 is 1.37 bits per heavy atom. The first kappa shape index (κ1) is 17.6. The van der Waals surface area contributed by atoms with Crippen molar-refractivity contribution in [3.8, 4) is 0 Å². The van der Waals surface area contributed by atoms with Crippen LogP contribution in [0.1, 0.15) is 52.1 Å². The molecule has 0 unspecified atom stereocenters. The Kier molecular flexibility index (Phi) is 3.35. The van der Waals surface area contributed by atoms with Gasteiger partial charge in [-0.3, -0.25) is 9.59 Å². The number of hydrogen-bond acceptors (Lipinski definition) is 2. The lowest BCUT2D eigenvalue weighted by molar-refractivity contribution is -0.128. The van der Waals surface area contributed by atoms with Crippen LogP contribution in [0, 0.1) is 25.2 Å². The second-order valence-corrected chi connectivity index (χ2v) is 9.20. The highest BCUT2D eigenvalue weighted by atomic mass is 16.2. The Morgan fingerprint density at radius 1 is 0.800 bits per heavy atom. The highest BCUT2D eigenvalue weighted by molar-refractivity contribution is 6.25. The highest BCUT2D eigenvalue weighted by Crippen LogP contribution is 2.67. The van der Waals surface area contributed by atoms with Gasteiger partial charge in [0.25, 0.3) is 0 Å². The SMILES string of the molecule is Cc1ccc(C)c(N2C(=O)[C@@H]3C4c5ccccc5C(c5ccccc54)[C@@]3(C)C2=O)c1. The molecule has 1 aliphatic heterocycles. The van der Waals surface area contributed by atoms with E-state index in [1.807, 2.05) is 63.2 Å². The van der Waals surface area contributed by atoms with Crippen molar-refractivity contribution in [1.29, 1.82) is 0 Å². The van der Waals surface area contributed by atoms with Gasteiger partial charge in [-0.05, 0) is 60.2 Å². The molecule has 0 N–H and O–H groups in total. The third-order valence-corrected chi connectivity index (χ3v) is 7.62. The van der Waals surface area contributed by atoms with Gasteiger partial charge in [0.1, 0.15) is 0 Å². The first-order valence-corrected chi connectivity index (χ1v) is 10.6. The molecule has 2 atom stereocenters. The van der Waals surface area contributed by atoms with Crippen molar-refractivity contribution in [3.63, 3.8) is 0 Å². The van der Waals surface area contributed by atoms with Crippen LogP contribution >= 0.6 is 0 Å². The van der Waals surface area contributed by atoms with Gasteiger partial charge in [-0.1, -0.05) is 60.7 Å². The Bertz CT molecular complexity index is 1210. The molecule has 3 heteroatoms. The highest BCUT2D eigenvalue weighted by Gasteiger charge is 2.68. The van der Waals surface area contributed by atoms with Crippen molar-refractivity contribution >= 4 is 17.5 Å². The molecule has 30 heavy (non-hydrogen) atoms. The number of anilines is 1. The van der Waals surface area contributed by atoms with Gasteiger partial charge in [-0.25, -0.2) is 4.90 Å². The predicted octanol–water partition coefficient (Wildman–Crippen LogP) is 5.09. The number of imide groups is 1. The van der Waals surface area contributed by atoms with Crippen molar-refractivity contribution in [2.24, 2.45) is 11.3 Å². The van der Waals surface area contributed by atoms with Gasteiger partial charge < -0.3 is 0 Å². The van der Waals surface area contributed by atoms with Gasteiger partial charge in [0, 0.05) is 11.8 Å². The first-order chi connectivity index (χ1) is 14.4. The molecule has 2 amide bonds. The van der Waals surface area contributed by atoms with Crippen molar-refractivity contribution in [3.05, 3.63) is 100 Å². The molecule has 7 rings (SSSR count). The second kappa shape index (κ2) is 5.69. The summed E-state index contributed by atoms with van der Waals surface area (Å²) >= 11 is 0. The van der Waals surface area contributed by atoms with Crippen LogP contribution in [0.5, 0.6) is 0 Å². The average Bonchev–Trinajstić information content (AvgIpc) is 2.96. The van der Waals surface area contributed by atoms with E-state index in [0.29, 0.717) is 0 Å². The van der Waals surface area contributed by atoms with E-state index in [1.165, 1.54) is 27.2 Å². The minimum atomic E-state index is -0.777. The summed E-state index contributed by atoms with van der Waals surface area (Å²) in [6.07, 6.45) is 0. The summed E-state index contributed by atoms with van der Waals surface area (Å²) in [7, 11) is 0. The largest absolute Gasteiger partial charge is 0.274 e. The average molecular weight is 393 g/mol. The molecular formula is C27H23NO2. The first-order valence-electron chi connectivity index (χ1n) is 10.6. The van der Waals surface area contributed by atoms with E-state index in [4.69, 9.17) is 0 Å². The summed E-state index contributed by atoms with van der Waals surface area (Å²) < 4.78 is 0. The Balaban J connectivity index is 1.63. The van der Waals surface area contributed by atoms with Gasteiger partial charge in [-0.2, -0.15) is 0 Å². The van der Waals surface area contributed by atoms with Crippen LogP contribution in [0.25, 0.3) is 0 Å². The summed E-state index contributed by atoms with van der Waals surface area (Å²) in [5.74, 6) is -0.689. The molecule has 2 bridgehead atoms. The van der Waals surface area contributed by atoms with Crippen molar-refractivity contribution in [2.45, 2.75) is 32.6 Å².